The third-order valence-electron chi connectivity index (χ3n) is 1.59. The number of aromatic amines is 1. The van der Waals surface area contributed by atoms with Crippen molar-refractivity contribution in [2.24, 2.45) is 5.41 Å². The number of thioether (sulfide) groups is 1. The lowest BCUT2D eigenvalue weighted by Crippen LogP contribution is -1.99. The zero-order chi connectivity index (χ0) is 12.2. The van der Waals surface area contributed by atoms with Gasteiger partial charge < -0.3 is 4.52 Å². The normalized spacial score (nSPS) is 12.1. The molecule has 0 amide bonds. The molecule has 0 fully saturated rings. The molecular formula is C12H15NO2S. The van der Waals surface area contributed by atoms with E-state index in [2.05, 4.69) is 21.5 Å². The van der Waals surface area contributed by atoms with Gasteiger partial charge in [0.2, 0.25) is 0 Å². The summed E-state index contributed by atoms with van der Waals surface area (Å²) >= 11 is 1.31. The molecule has 0 aromatic carbocycles. The topological polar surface area (TPSA) is 46.0 Å². The van der Waals surface area contributed by atoms with Gasteiger partial charge in [-0.25, -0.2) is 9.95 Å². The van der Waals surface area contributed by atoms with Crippen LogP contribution in [0.2, 0.25) is 0 Å². The minimum absolute atomic E-state index is 0.0440. The summed E-state index contributed by atoms with van der Waals surface area (Å²) in [4.78, 5) is 12.6. The summed E-state index contributed by atoms with van der Waals surface area (Å²) in [6, 6.07) is 0. The Balaban J connectivity index is 2.83. The lowest BCUT2D eigenvalue weighted by molar-refractivity contribution is 0.388. The summed E-state index contributed by atoms with van der Waals surface area (Å²) in [5.41, 5.74) is -0.403. The molecule has 86 valence electrons. The second-order valence-electron chi connectivity index (χ2n) is 4.27. The molecule has 0 aliphatic carbocycles. The summed E-state index contributed by atoms with van der Waals surface area (Å²) in [7, 11) is 0. The van der Waals surface area contributed by atoms with Crippen molar-refractivity contribution < 1.29 is 4.52 Å². The van der Waals surface area contributed by atoms with Gasteiger partial charge in [0.15, 0.2) is 0 Å². The Morgan fingerprint density at radius 2 is 2.25 bits per heavy atom. The maximum atomic E-state index is 11.2. The molecule has 1 aromatic rings. The molecule has 1 heterocycles. The summed E-state index contributed by atoms with van der Waals surface area (Å²) in [5.74, 6) is 6.18. The average molecular weight is 237 g/mol. The number of nitrogens with one attached hydrogen (secondary N) is 1. The van der Waals surface area contributed by atoms with Crippen LogP contribution in [-0.2, 0) is 0 Å². The van der Waals surface area contributed by atoms with E-state index in [0.29, 0.717) is 4.90 Å². The van der Waals surface area contributed by atoms with Gasteiger partial charge in [-0.2, -0.15) is 0 Å². The fourth-order valence-corrected chi connectivity index (χ4v) is 1.53. The number of aromatic nitrogens is 1. The number of H-pyrrole nitrogens is 1. The summed E-state index contributed by atoms with van der Waals surface area (Å²) in [5, 5.41) is 2.42. The van der Waals surface area contributed by atoms with Crippen LogP contribution < -0.4 is 5.63 Å². The van der Waals surface area contributed by atoms with Crippen molar-refractivity contribution in [3.63, 3.8) is 0 Å². The molecule has 0 bridgehead atoms. The third kappa shape index (κ3) is 4.03. The molecule has 3 nitrogen and oxygen atoms in total. The van der Waals surface area contributed by atoms with Gasteiger partial charge in [-0.3, -0.25) is 0 Å². The SMILES string of the molecule is C/C=C(/C#CC(C)(C)C)Sc1c[nH]oc1=O. The first kappa shape index (κ1) is 12.7. The highest BCUT2D eigenvalue weighted by Gasteiger charge is 2.07. The van der Waals surface area contributed by atoms with Crippen molar-refractivity contribution in [1.29, 1.82) is 0 Å². The first-order valence-electron chi connectivity index (χ1n) is 4.96. The van der Waals surface area contributed by atoms with Crippen LogP contribution in [0.4, 0.5) is 0 Å². The molecule has 1 rings (SSSR count). The van der Waals surface area contributed by atoms with Crippen LogP contribution in [0.1, 0.15) is 27.7 Å². The van der Waals surface area contributed by atoms with Crippen LogP contribution in [0.25, 0.3) is 0 Å². The quantitative estimate of drug-likeness (QED) is 0.635. The second kappa shape index (κ2) is 5.13. The van der Waals surface area contributed by atoms with Gasteiger partial charge >= 0.3 is 5.63 Å². The standard InChI is InChI=1S/C12H15NO2S/c1-5-9(6-7-12(2,3)4)16-10-8-13-15-11(10)14/h5,8,13H,1-4H3/b9-5-. The average Bonchev–Trinajstić information content (AvgIpc) is 2.57. The molecule has 0 atom stereocenters. The molecule has 16 heavy (non-hydrogen) atoms. The summed E-state index contributed by atoms with van der Waals surface area (Å²) in [6.45, 7) is 8.03. The van der Waals surface area contributed by atoms with Crippen molar-refractivity contribution in [2.75, 3.05) is 0 Å². The first-order chi connectivity index (χ1) is 7.42. The van der Waals surface area contributed by atoms with Gasteiger partial charge in [0.1, 0.15) is 4.90 Å². The first-order valence-corrected chi connectivity index (χ1v) is 5.78. The molecule has 0 unspecified atom stereocenters. The van der Waals surface area contributed by atoms with E-state index in [4.69, 9.17) is 0 Å². The third-order valence-corrected chi connectivity index (χ3v) is 2.65. The monoisotopic (exact) mass is 237 g/mol. The van der Waals surface area contributed by atoms with Gasteiger partial charge in [-0.15, -0.1) is 0 Å². The predicted octanol–water partition coefficient (Wildman–Crippen LogP) is 3.01. The van der Waals surface area contributed by atoms with Crippen molar-refractivity contribution in [3.05, 3.63) is 27.6 Å². The van der Waals surface area contributed by atoms with Crippen molar-refractivity contribution in [3.8, 4) is 11.8 Å². The largest absolute Gasteiger partial charge is 0.371 e. The number of hydrogen-bond acceptors (Lipinski definition) is 3. The molecule has 0 aliphatic heterocycles. The van der Waals surface area contributed by atoms with Gasteiger partial charge in [-0.05, 0) is 27.7 Å². The highest BCUT2D eigenvalue weighted by Crippen LogP contribution is 2.23. The Kier molecular flexibility index (Phi) is 4.08. The smallest absolute Gasteiger partial charge is 0.338 e. The zero-order valence-electron chi connectivity index (χ0n) is 9.88. The second-order valence-corrected chi connectivity index (χ2v) is 5.35. The Labute approximate surface area is 99.3 Å². The lowest BCUT2D eigenvalue weighted by atomic mass is 9.98. The van der Waals surface area contributed by atoms with Crippen LogP contribution in [-0.4, -0.2) is 5.16 Å². The van der Waals surface area contributed by atoms with E-state index >= 15 is 0 Å². The van der Waals surface area contributed by atoms with Crippen molar-refractivity contribution >= 4 is 11.8 Å². The minimum atomic E-state index is -0.359. The predicted molar refractivity (Wildman–Crippen MR) is 66.2 cm³/mol. The molecule has 0 radical (unpaired) electrons. The van der Waals surface area contributed by atoms with E-state index in [9.17, 15) is 4.79 Å². The van der Waals surface area contributed by atoms with E-state index in [1.165, 1.54) is 18.0 Å². The maximum absolute atomic E-state index is 11.2. The number of rotatable bonds is 2. The van der Waals surface area contributed by atoms with E-state index in [1.807, 2.05) is 33.8 Å². The highest BCUT2D eigenvalue weighted by molar-refractivity contribution is 8.03. The summed E-state index contributed by atoms with van der Waals surface area (Å²) < 4.78 is 4.58. The molecule has 0 spiro atoms. The lowest BCUT2D eigenvalue weighted by Gasteiger charge is -2.07. The van der Waals surface area contributed by atoms with E-state index < -0.39 is 0 Å². The fourth-order valence-electron chi connectivity index (χ4n) is 0.841. The number of allylic oxidation sites excluding steroid dienone is 2. The van der Waals surface area contributed by atoms with Crippen LogP contribution in [0, 0.1) is 17.3 Å². The Morgan fingerprint density at radius 1 is 1.56 bits per heavy atom. The molecule has 0 aliphatic rings. The maximum Gasteiger partial charge on any atom is 0.371 e. The van der Waals surface area contributed by atoms with Crippen LogP contribution in [0.15, 0.2) is 31.4 Å². The van der Waals surface area contributed by atoms with Gasteiger partial charge in [-0.1, -0.05) is 29.7 Å². The van der Waals surface area contributed by atoms with E-state index in [0.717, 1.165) is 4.91 Å². The summed E-state index contributed by atoms with van der Waals surface area (Å²) in [6.07, 6.45) is 3.42. The van der Waals surface area contributed by atoms with Gasteiger partial charge in [0, 0.05) is 5.41 Å². The Bertz CT molecular complexity index is 491. The molecule has 1 aromatic heterocycles. The van der Waals surface area contributed by atoms with Crippen molar-refractivity contribution in [2.45, 2.75) is 32.6 Å². The Morgan fingerprint density at radius 3 is 2.69 bits per heavy atom. The van der Waals surface area contributed by atoms with Gasteiger partial charge in [0.25, 0.3) is 0 Å². The minimum Gasteiger partial charge on any atom is -0.338 e. The molecule has 0 saturated heterocycles. The van der Waals surface area contributed by atoms with Gasteiger partial charge in [0.05, 0.1) is 11.1 Å². The number of hydrogen-bond donors (Lipinski definition) is 1. The highest BCUT2D eigenvalue weighted by atomic mass is 32.2. The van der Waals surface area contributed by atoms with E-state index in [-0.39, 0.29) is 11.0 Å². The molecule has 0 saturated carbocycles. The molecular weight excluding hydrogens is 222 g/mol. The zero-order valence-corrected chi connectivity index (χ0v) is 10.7. The van der Waals surface area contributed by atoms with Crippen molar-refractivity contribution in [1.82, 2.24) is 5.16 Å². The van der Waals surface area contributed by atoms with E-state index in [1.54, 1.807) is 0 Å². The van der Waals surface area contributed by atoms with Crippen LogP contribution >= 0.6 is 11.8 Å². The molecule has 1 N–H and O–H groups in total. The molecule has 4 heteroatoms. The Hall–Kier alpha value is -1.34. The van der Waals surface area contributed by atoms with Crippen LogP contribution in [0.5, 0.6) is 0 Å². The van der Waals surface area contributed by atoms with Crippen LogP contribution in [0.3, 0.4) is 0 Å². The fraction of sp³-hybridized carbons (Fsp3) is 0.417.